The van der Waals surface area contributed by atoms with Crippen LogP contribution in [0, 0.1) is 0 Å². The highest BCUT2D eigenvalue weighted by Crippen LogP contribution is 2.56. The van der Waals surface area contributed by atoms with Crippen LogP contribution in [0.1, 0.15) is 22.3 Å². The van der Waals surface area contributed by atoms with Gasteiger partial charge in [0.1, 0.15) is 0 Å². The van der Waals surface area contributed by atoms with Gasteiger partial charge in [0.15, 0.2) is 0 Å². The molecule has 9 rings (SSSR count). The van der Waals surface area contributed by atoms with Crippen LogP contribution in [0.4, 0.5) is 0 Å². The average molecular weight is 600 g/mol. The maximum atomic E-state index is 5.19. The van der Waals surface area contributed by atoms with Gasteiger partial charge in [0.25, 0.3) is 0 Å². The van der Waals surface area contributed by atoms with Gasteiger partial charge < -0.3 is 0 Å². The van der Waals surface area contributed by atoms with Crippen LogP contribution in [-0.2, 0) is 5.41 Å². The Kier molecular flexibility index (Phi) is 6.36. The van der Waals surface area contributed by atoms with Crippen LogP contribution in [-0.4, -0.2) is 15.0 Å². The van der Waals surface area contributed by atoms with Gasteiger partial charge in [0.05, 0.1) is 39.7 Å². The summed E-state index contributed by atoms with van der Waals surface area (Å²) in [7, 11) is 0. The van der Waals surface area contributed by atoms with Gasteiger partial charge in [-0.2, -0.15) is 0 Å². The van der Waals surface area contributed by atoms with E-state index in [1.807, 2.05) is 48.7 Å². The summed E-state index contributed by atoms with van der Waals surface area (Å²) in [6.07, 6.45) is 1.86. The molecule has 6 aromatic carbocycles. The molecule has 0 atom stereocenters. The molecule has 3 heteroatoms. The second-order valence-corrected chi connectivity index (χ2v) is 12.0. The minimum absolute atomic E-state index is 0.432. The number of fused-ring (bicyclic) bond motifs is 4. The number of aromatic nitrogens is 3. The Balaban J connectivity index is 1.22. The molecule has 0 N–H and O–H groups in total. The zero-order chi connectivity index (χ0) is 31.2. The number of hydrogen-bond donors (Lipinski definition) is 0. The molecule has 0 spiro atoms. The van der Waals surface area contributed by atoms with E-state index in [9.17, 15) is 0 Å². The molecule has 1 aliphatic rings. The van der Waals surface area contributed by atoms with Crippen molar-refractivity contribution in [3.8, 4) is 44.9 Å². The van der Waals surface area contributed by atoms with Crippen LogP contribution >= 0.6 is 0 Å². The molecular weight excluding hydrogens is 571 g/mol. The first-order valence-electron chi connectivity index (χ1n) is 15.9. The van der Waals surface area contributed by atoms with Crippen LogP contribution in [0.3, 0.4) is 0 Å². The molecule has 220 valence electrons. The van der Waals surface area contributed by atoms with Crippen molar-refractivity contribution in [2.45, 2.75) is 5.41 Å². The summed E-state index contributed by atoms with van der Waals surface area (Å²) in [5.41, 5.74) is 14.7. The van der Waals surface area contributed by atoms with Crippen molar-refractivity contribution in [3.63, 3.8) is 0 Å². The molecule has 0 saturated carbocycles. The van der Waals surface area contributed by atoms with Gasteiger partial charge in [-0.05, 0) is 57.6 Å². The van der Waals surface area contributed by atoms with E-state index in [1.165, 1.54) is 33.4 Å². The lowest BCUT2D eigenvalue weighted by Crippen LogP contribution is -2.28. The lowest BCUT2D eigenvalue weighted by atomic mass is 9.67. The second-order valence-electron chi connectivity index (χ2n) is 12.0. The van der Waals surface area contributed by atoms with E-state index in [0.717, 1.165) is 44.8 Å². The molecule has 0 saturated heterocycles. The Labute approximate surface area is 273 Å². The minimum Gasteiger partial charge on any atom is -0.252 e. The molecule has 0 amide bonds. The van der Waals surface area contributed by atoms with Crippen LogP contribution < -0.4 is 0 Å². The number of benzene rings is 6. The zero-order valence-corrected chi connectivity index (χ0v) is 25.6. The summed E-state index contributed by atoms with van der Waals surface area (Å²) in [5.74, 6) is 0. The minimum atomic E-state index is -0.432. The van der Waals surface area contributed by atoms with Crippen LogP contribution in [0.5, 0.6) is 0 Å². The van der Waals surface area contributed by atoms with Crippen LogP contribution in [0.15, 0.2) is 176 Å². The van der Waals surface area contributed by atoms with Gasteiger partial charge in [-0.3, -0.25) is 4.98 Å². The lowest BCUT2D eigenvalue weighted by Gasteiger charge is -2.34. The predicted molar refractivity (Wildman–Crippen MR) is 191 cm³/mol. The first kappa shape index (κ1) is 27.1. The summed E-state index contributed by atoms with van der Waals surface area (Å²) in [6.45, 7) is 0. The molecule has 0 aliphatic heterocycles. The Morgan fingerprint density at radius 3 is 1.53 bits per heavy atom. The average Bonchev–Trinajstić information content (AvgIpc) is 3.46. The largest absolute Gasteiger partial charge is 0.252 e. The van der Waals surface area contributed by atoms with Crippen molar-refractivity contribution in [1.82, 2.24) is 15.0 Å². The van der Waals surface area contributed by atoms with E-state index in [0.29, 0.717) is 0 Å². The summed E-state index contributed by atoms with van der Waals surface area (Å²) >= 11 is 0. The van der Waals surface area contributed by atoms with E-state index in [-0.39, 0.29) is 0 Å². The third-order valence-electron chi connectivity index (χ3n) is 9.41. The molecule has 0 radical (unpaired) electrons. The van der Waals surface area contributed by atoms with E-state index in [2.05, 4.69) is 127 Å². The van der Waals surface area contributed by atoms with E-state index in [4.69, 9.17) is 15.0 Å². The van der Waals surface area contributed by atoms with Gasteiger partial charge in [-0.1, -0.05) is 146 Å². The Morgan fingerprint density at radius 1 is 0.362 bits per heavy atom. The molecule has 2 heterocycles. The van der Waals surface area contributed by atoms with Crippen molar-refractivity contribution in [2.75, 3.05) is 0 Å². The van der Waals surface area contributed by atoms with Gasteiger partial charge in [0, 0.05) is 16.7 Å². The van der Waals surface area contributed by atoms with E-state index in [1.54, 1.807) is 0 Å². The highest BCUT2D eigenvalue weighted by Gasteiger charge is 2.45. The molecule has 47 heavy (non-hydrogen) atoms. The molecule has 1 aliphatic carbocycles. The second kappa shape index (κ2) is 11.0. The highest BCUT2D eigenvalue weighted by molar-refractivity contribution is 5.86. The Bertz CT molecular complexity index is 2350. The van der Waals surface area contributed by atoms with Gasteiger partial charge in [-0.25, -0.2) is 9.97 Å². The van der Waals surface area contributed by atoms with Crippen molar-refractivity contribution >= 4 is 11.0 Å². The number of hydrogen-bond acceptors (Lipinski definition) is 3. The predicted octanol–water partition coefficient (Wildman–Crippen LogP) is 10.4. The maximum absolute atomic E-state index is 5.19. The summed E-state index contributed by atoms with van der Waals surface area (Å²) in [4.78, 5) is 14.9. The van der Waals surface area contributed by atoms with Crippen molar-refractivity contribution in [1.29, 1.82) is 0 Å². The fourth-order valence-corrected chi connectivity index (χ4v) is 7.28. The Morgan fingerprint density at radius 2 is 0.872 bits per heavy atom. The fraction of sp³-hybridized carbons (Fsp3) is 0.0227. The first-order chi connectivity index (χ1) is 23.3. The molecule has 8 aromatic rings. The van der Waals surface area contributed by atoms with E-state index < -0.39 is 5.41 Å². The van der Waals surface area contributed by atoms with Crippen LogP contribution in [0.25, 0.3) is 55.9 Å². The van der Waals surface area contributed by atoms with Gasteiger partial charge in [-0.15, -0.1) is 0 Å². The lowest BCUT2D eigenvalue weighted by molar-refractivity contribution is 0.768. The van der Waals surface area contributed by atoms with Gasteiger partial charge >= 0.3 is 0 Å². The maximum Gasteiger partial charge on any atom is 0.0894 e. The van der Waals surface area contributed by atoms with Crippen molar-refractivity contribution in [3.05, 3.63) is 198 Å². The first-order valence-corrected chi connectivity index (χ1v) is 15.9. The van der Waals surface area contributed by atoms with Crippen molar-refractivity contribution < 1.29 is 0 Å². The van der Waals surface area contributed by atoms with Gasteiger partial charge in [0.2, 0.25) is 0 Å². The summed E-state index contributed by atoms with van der Waals surface area (Å²) in [6, 6.07) is 60.2. The molecule has 0 unspecified atom stereocenters. The third-order valence-corrected chi connectivity index (χ3v) is 9.41. The smallest absolute Gasteiger partial charge is 0.0894 e. The van der Waals surface area contributed by atoms with Crippen molar-refractivity contribution in [2.24, 2.45) is 0 Å². The monoisotopic (exact) mass is 599 g/mol. The van der Waals surface area contributed by atoms with Crippen LogP contribution in [0.2, 0.25) is 0 Å². The quantitative estimate of drug-likeness (QED) is 0.198. The number of para-hydroxylation sites is 2. The summed E-state index contributed by atoms with van der Waals surface area (Å²) < 4.78 is 0. The standard InChI is InChI=1S/C44H29N3/c1-3-13-30(14-4-1)41-27-32(43-29-45-39-21-11-12-22-40(39)46-43)28-42(47-41)31-23-25-34(26-24-31)44(33-15-5-2-6-16-33)37-19-9-7-17-35(37)36-18-8-10-20-38(36)44/h1-29H. The number of nitrogens with zero attached hydrogens (tertiary/aromatic N) is 3. The molecular formula is C44H29N3. The van der Waals surface area contributed by atoms with E-state index >= 15 is 0 Å². The topological polar surface area (TPSA) is 38.7 Å². The number of rotatable bonds is 5. The number of pyridine rings is 1. The fourth-order valence-electron chi connectivity index (χ4n) is 7.28. The molecule has 2 aromatic heterocycles. The summed E-state index contributed by atoms with van der Waals surface area (Å²) in [5, 5.41) is 0. The molecule has 0 bridgehead atoms. The molecule has 0 fully saturated rings. The molecule has 3 nitrogen and oxygen atoms in total. The zero-order valence-electron chi connectivity index (χ0n) is 25.6. The third kappa shape index (κ3) is 4.39. The highest BCUT2D eigenvalue weighted by atomic mass is 14.8. The normalized spacial score (nSPS) is 12.9. The SMILES string of the molecule is c1ccc(-c2cc(-c3cnc4ccccc4n3)cc(-c3ccc(C4(c5ccccc5)c5ccccc5-c5ccccc54)cc3)n2)cc1. The Hall–Kier alpha value is -6.19.